The van der Waals surface area contributed by atoms with Crippen molar-refractivity contribution in [2.45, 2.75) is 32.8 Å². The summed E-state index contributed by atoms with van der Waals surface area (Å²) in [7, 11) is 0. The molecule has 0 aromatic carbocycles. The van der Waals surface area contributed by atoms with Crippen molar-refractivity contribution in [3.8, 4) is 0 Å². The van der Waals surface area contributed by atoms with Gasteiger partial charge in [0, 0.05) is 18.7 Å². The number of aliphatic carboxylic acids is 1. The summed E-state index contributed by atoms with van der Waals surface area (Å²) in [6.45, 7) is 5.33. The minimum atomic E-state index is -1.01. The predicted molar refractivity (Wildman–Crippen MR) is 70.7 cm³/mol. The molecule has 1 aliphatic heterocycles. The van der Waals surface area contributed by atoms with E-state index in [4.69, 9.17) is 14.3 Å². The number of hydrogen-bond donors (Lipinski definition) is 1. The van der Waals surface area contributed by atoms with E-state index in [2.05, 4.69) is 0 Å². The van der Waals surface area contributed by atoms with Gasteiger partial charge in [-0.25, -0.2) is 0 Å². The molecule has 1 fully saturated rings. The predicted octanol–water partition coefficient (Wildman–Crippen LogP) is 1.47. The van der Waals surface area contributed by atoms with E-state index < -0.39 is 5.97 Å². The molecule has 1 unspecified atom stereocenters. The Kier molecular flexibility index (Phi) is 4.44. The van der Waals surface area contributed by atoms with Crippen LogP contribution in [0.4, 0.5) is 0 Å². The smallest absolute Gasteiger partial charge is 0.311 e. The Balaban J connectivity index is 2.20. The lowest BCUT2D eigenvalue weighted by Gasteiger charge is -2.32. The molecule has 0 bridgehead atoms. The van der Waals surface area contributed by atoms with Gasteiger partial charge in [0.05, 0.1) is 24.5 Å². The Morgan fingerprint density at radius 3 is 2.90 bits per heavy atom. The summed E-state index contributed by atoms with van der Waals surface area (Å²) in [5.74, 6) is -0.962. The van der Waals surface area contributed by atoms with Crippen molar-refractivity contribution >= 4 is 11.9 Å². The van der Waals surface area contributed by atoms with E-state index in [0.29, 0.717) is 30.8 Å². The molecule has 0 radical (unpaired) electrons. The number of ether oxygens (including phenoxy) is 1. The number of carboxylic acids is 1. The number of hydrogen-bond acceptors (Lipinski definition) is 4. The van der Waals surface area contributed by atoms with Crippen LogP contribution < -0.4 is 0 Å². The Morgan fingerprint density at radius 1 is 1.50 bits per heavy atom. The summed E-state index contributed by atoms with van der Waals surface area (Å²) in [5, 5.41) is 8.87. The average Bonchev–Trinajstić information content (AvgIpc) is 2.78. The van der Waals surface area contributed by atoms with E-state index in [-0.39, 0.29) is 24.2 Å². The molecule has 6 nitrogen and oxygen atoms in total. The minimum absolute atomic E-state index is 0.0443. The van der Waals surface area contributed by atoms with Gasteiger partial charge in [-0.2, -0.15) is 0 Å². The lowest BCUT2D eigenvalue weighted by Crippen LogP contribution is -2.45. The maximum atomic E-state index is 12.6. The SMILES string of the molecule is CCC1CN(C(=O)c2c(C)coc2CC(=O)O)CCO1. The number of carboxylic acid groups (broad SMARTS) is 1. The number of amides is 1. The molecule has 110 valence electrons. The molecule has 1 saturated heterocycles. The second kappa shape index (κ2) is 6.09. The van der Waals surface area contributed by atoms with Crippen LogP contribution in [0.1, 0.15) is 35.0 Å². The minimum Gasteiger partial charge on any atom is -0.481 e. The van der Waals surface area contributed by atoms with Gasteiger partial charge >= 0.3 is 5.97 Å². The number of carbonyl (C=O) groups excluding carboxylic acids is 1. The van der Waals surface area contributed by atoms with E-state index in [9.17, 15) is 9.59 Å². The van der Waals surface area contributed by atoms with Gasteiger partial charge in [-0.05, 0) is 13.3 Å². The third kappa shape index (κ3) is 3.01. The normalized spacial score (nSPS) is 19.1. The van der Waals surface area contributed by atoms with Crippen molar-refractivity contribution in [2.24, 2.45) is 0 Å². The van der Waals surface area contributed by atoms with Crippen LogP contribution in [0.15, 0.2) is 10.7 Å². The molecule has 2 rings (SSSR count). The lowest BCUT2D eigenvalue weighted by molar-refractivity contribution is -0.136. The first-order valence-electron chi connectivity index (χ1n) is 6.72. The van der Waals surface area contributed by atoms with Crippen LogP contribution in [0, 0.1) is 6.92 Å². The second-order valence-electron chi connectivity index (χ2n) is 4.94. The fourth-order valence-electron chi connectivity index (χ4n) is 2.36. The highest BCUT2D eigenvalue weighted by molar-refractivity contribution is 5.97. The zero-order chi connectivity index (χ0) is 14.7. The molecular weight excluding hydrogens is 262 g/mol. The average molecular weight is 281 g/mol. The molecule has 0 spiro atoms. The Morgan fingerprint density at radius 2 is 2.25 bits per heavy atom. The van der Waals surface area contributed by atoms with E-state index in [1.165, 1.54) is 6.26 Å². The molecule has 6 heteroatoms. The van der Waals surface area contributed by atoms with Gasteiger partial charge in [0.25, 0.3) is 5.91 Å². The summed E-state index contributed by atoms with van der Waals surface area (Å²) in [5.41, 5.74) is 1.05. The quantitative estimate of drug-likeness (QED) is 0.904. The fourth-order valence-corrected chi connectivity index (χ4v) is 2.36. The third-order valence-corrected chi connectivity index (χ3v) is 3.46. The standard InChI is InChI=1S/C14H19NO5/c1-3-10-7-15(4-5-19-10)14(18)13-9(2)8-20-11(13)6-12(16)17/h8,10H,3-7H2,1-2H3,(H,16,17). The zero-order valence-electron chi connectivity index (χ0n) is 11.7. The number of nitrogens with zero attached hydrogens (tertiary/aromatic N) is 1. The Hall–Kier alpha value is -1.82. The fraction of sp³-hybridized carbons (Fsp3) is 0.571. The molecule has 1 aliphatic rings. The number of rotatable bonds is 4. The second-order valence-corrected chi connectivity index (χ2v) is 4.94. The summed E-state index contributed by atoms with van der Waals surface area (Å²) < 4.78 is 10.8. The largest absolute Gasteiger partial charge is 0.481 e. The molecule has 2 heterocycles. The van der Waals surface area contributed by atoms with E-state index in [1.807, 2.05) is 6.92 Å². The first-order chi connectivity index (χ1) is 9.52. The monoisotopic (exact) mass is 281 g/mol. The maximum Gasteiger partial charge on any atom is 0.311 e. The topological polar surface area (TPSA) is 80.0 Å². The van der Waals surface area contributed by atoms with Crippen molar-refractivity contribution in [1.82, 2.24) is 4.90 Å². The molecule has 1 amide bonds. The van der Waals surface area contributed by atoms with Crippen LogP contribution in [-0.4, -0.2) is 47.7 Å². The van der Waals surface area contributed by atoms with Crippen molar-refractivity contribution in [3.05, 3.63) is 23.2 Å². The van der Waals surface area contributed by atoms with Crippen LogP contribution >= 0.6 is 0 Å². The van der Waals surface area contributed by atoms with E-state index >= 15 is 0 Å². The summed E-state index contributed by atoms with van der Waals surface area (Å²) in [4.78, 5) is 25.1. The molecule has 20 heavy (non-hydrogen) atoms. The summed E-state index contributed by atoms with van der Waals surface area (Å²) >= 11 is 0. The molecule has 1 aromatic rings. The molecule has 0 aliphatic carbocycles. The maximum absolute atomic E-state index is 12.6. The van der Waals surface area contributed by atoms with Gasteiger partial charge in [-0.15, -0.1) is 0 Å². The molecule has 1 atom stereocenters. The number of carbonyl (C=O) groups is 2. The Labute approximate surface area is 117 Å². The first-order valence-corrected chi connectivity index (χ1v) is 6.72. The highest BCUT2D eigenvalue weighted by Crippen LogP contribution is 2.21. The van der Waals surface area contributed by atoms with Gasteiger partial charge in [-0.3, -0.25) is 9.59 Å². The molecular formula is C14H19NO5. The van der Waals surface area contributed by atoms with E-state index in [1.54, 1.807) is 11.8 Å². The van der Waals surface area contributed by atoms with Gasteiger partial charge in [0.1, 0.15) is 12.2 Å². The zero-order valence-corrected chi connectivity index (χ0v) is 11.7. The summed E-state index contributed by atoms with van der Waals surface area (Å²) in [6, 6.07) is 0. The molecule has 1 N–H and O–H groups in total. The van der Waals surface area contributed by atoms with Crippen molar-refractivity contribution in [1.29, 1.82) is 0 Å². The van der Waals surface area contributed by atoms with Crippen LogP contribution in [0.2, 0.25) is 0 Å². The Bertz CT molecular complexity index is 508. The highest BCUT2D eigenvalue weighted by Gasteiger charge is 2.28. The first kappa shape index (κ1) is 14.6. The van der Waals surface area contributed by atoms with Crippen molar-refractivity contribution in [2.75, 3.05) is 19.7 Å². The lowest BCUT2D eigenvalue weighted by atomic mass is 10.1. The number of furan rings is 1. The van der Waals surface area contributed by atoms with Crippen molar-refractivity contribution in [3.63, 3.8) is 0 Å². The van der Waals surface area contributed by atoms with Gasteiger partial charge in [-0.1, -0.05) is 6.92 Å². The van der Waals surface area contributed by atoms with Gasteiger partial charge < -0.3 is 19.2 Å². The number of aryl methyl sites for hydroxylation is 1. The van der Waals surface area contributed by atoms with E-state index in [0.717, 1.165) is 6.42 Å². The van der Waals surface area contributed by atoms with Crippen LogP contribution in [0.25, 0.3) is 0 Å². The molecule has 1 aromatic heterocycles. The molecule has 0 saturated carbocycles. The van der Waals surface area contributed by atoms with Crippen molar-refractivity contribution < 1.29 is 23.8 Å². The van der Waals surface area contributed by atoms with Gasteiger partial charge in [0.15, 0.2) is 0 Å². The third-order valence-electron chi connectivity index (χ3n) is 3.46. The van der Waals surface area contributed by atoms with Crippen LogP contribution in [0.3, 0.4) is 0 Å². The van der Waals surface area contributed by atoms with Crippen LogP contribution in [-0.2, 0) is 16.0 Å². The summed E-state index contributed by atoms with van der Waals surface area (Å²) in [6.07, 6.45) is 2.04. The van der Waals surface area contributed by atoms with Gasteiger partial charge in [0.2, 0.25) is 0 Å². The highest BCUT2D eigenvalue weighted by atomic mass is 16.5. The number of morpholine rings is 1. The van der Waals surface area contributed by atoms with Crippen LogP contribution in [0.5, 0.6) is 0 Å².